The number of hydrogen-bond acceptors (Lipinski definition) is 2. The zero-order valence-corrected chi connectivity index (χ0v) is 15.2. The number of hydrogen-bond donors (Lipinski definition) is 3. The second-order valence-corrected chi connectivity index (χ2v) is 7.58. The SMILES string of the molecule is Cc1cc(NC(C)C)cc2[nH]c(C(=O)NC3CCCCC3C)cc12. The van der Waals surface area contributed by atoms with Crippen molar-refractivity contribution in [2.75, 3.05) is 5.32 Å². The van der Waals surface area contributed by atoms with Crippen LogP contribution in [0.3, 0.4) is 0 Å². The largest absolute Gasteiger partial charge is 0.383 e. The van der Waals surface area contributed by atoms with E-state index < -0.39 is 0 Å². The molecule has 2 unspecified atom stereocenters. The van der Waals surface area contributed by atoms with Gasteiger partial charge in [-0.1, -0.05) is 19.8 Å². The number of carbonyl (C=O) groups is 1. The van der Waals surface area contributed by atoms with Gasteiger partial charge in [-0.15, -0.1) is 0 Å². The number of anilines is 1. The summed E-state index contributed by atoms with van der Waals surface area (Å²) in [5.74, 6) is 0.582. The molecule has 1 fully saturated rings. The molecule has 4 heteroatoms. The van der Waals surface area contributed by atoms with Crippen LogP contribution in [0.25, 0.3) is 10.9 Å². The standard InChI is InChI=1S/C20H29N3O/c1-12(2)21-15-9-14(4)16-11-19(22-18(16)10-15)20(24)23-17-8-6-5-7-13(17)3/h9-13,17,21-22H,5-8H2,1-4H3,(H,23,24). The molecule has 1 heterocycles. The van der Waals surface area contributed by atoms with E-state index >= 15 is 0 Å². The van der Waals surface area contributed by atoms with Gasteiger partial charge in [0.15, 0.2) is 0 Å². The van der Waals surface area contributed by atoms with Gasteiger partial charge >= 0.3 is 0 Å². The highest BCUT2D eigenvalue weighted by molar-refractivity contribution is 5.99. The minimum atomic E-state index is 0.0164. The molecule has 0 radical (unpaired) electrons. The molecule has 0 bridgehead atoms. The van der Waals surface area contributed by atoms with Gasteiger partial charge in [0.05, 0.1) is 0 Å². The maximum Gasteiger partial charge on any atom is 0.267 e. The highest BCUT2D eigenvalue weighted by Crippen LogP contribution is 2.26. The fraction of sp³-hybridized carbons (Fsp3) is 0.550. The van der Waals surface area contributed by atoms with E-state index in [0.717, 1.165) is 23.0 Å². The second kappa shape index (κ2) is 6.88. The fourth-order valence-corrected chi connectivity index (χ4v) is 3.73. The van der Waals surface area contributed by atoms with E-state index in [4.69, 9.17) is 0 Å². The van der Waals surface area contributed by atoms with Crippen LogP contribution in [0.2, 0.25) is 0 Å². The van der Waals surface area contributed by atoms with Crippen molar-refractivity contribution in [2.45, 2.75) is 65.5 Å². The van der Waals surface area contributed by atoms with Crippen LogP contribution in [-0.2, 0) is 0 Å². The van der Waals surface area contributed by atoms with E-state index in [2.05, 4.69) is 55.4 Å². The van der Waals surface area contributed by atoms with Crippen LogP contribution in [-0.4, -0.2) is 23.0 Å². The van der Waals surface area contributed by atoms with Crippen molar-refractivity contribution < 1.29 is 4.79 Å². The molecule has 3 N–H and O–H groups in total. The normalized spacial score (nSPS) is 21.2. The number of aromatic nitrogens is 1. The summed E-state index contributed by atoms with van der Waals surface area (Å²) >= 11 is 0. The molecule has 0 saturated heterocycles. The maximum atomic E-state index is 12.6. The predicted octanol–water partition coefficient (Wildman–Crippen LogP) is 4.61. The molecule has 1 aliphatic rings. The fourth-order valence-electron chi connectivity index (χ4n) is 3.73. The number of fused-ring (bicyclic) bond motifs is 1. The molecular formula is C20H29N3O. The number of aryl methyl sites for hydroxylation is 1. The van der Waals surface area contributed by atoms with Gasteiger partial charge in [-0.05, 0) is 63.3 Å². The van der Waals surface area contributed by atoms with Crippen molar-refractivity contribution in [3.63, 3.8) is 0 Å². The first-order chi connectivity index (χ1) is 11.4. The zero-order chi connectivity index (χ0) is 17.3. The first-order valence-electron chi connectivity index (χ1n) is 9.15. The van der Waals surface area contributed by atoms with Crippen molar-refractivity contribution in [2.24, 2.45) is 5.92 Å². The lowest BCUT2D eigenvalue weighted by atomic mass is 9.86. The monoisotopic (exact) mass is 327 g/mol. The lowest BCUT2D eigenvalue weighted by Crippen LogP contribution is -2.41. The number of aromatic amines is 1. The molecule has 130 valence electrons. The lowest BCUT2D eigenvalue weighted by molar-refractivity contribution is 0.0906. The van der Waals surface area contributed by atoms with Gasteiger partial charge in [-0.25, -0.2) is 0 Å². The Kier molecular flexibility index (Phi) is 4.83. The molecule has 4 nitrogen and oxygen atoms in total. The van der Waals surface area contributed by atoms with Crippen LogP contribution < -0.4 is 10.6 Å². The summed E-state index contributed by atoms with van der Waals surface area (Å²) in [6.45, 7) is 8.58. The van der Waals surface area contributed by atoms with Gasteiger partial charge in [-0.2, -0.15) is 0 Å². The number of nitrogens with one attached hydrogen (secondary N) is 3. The average molecular weight is 327 g/mol. The van der Waals surface area contributed by atoms with E-state index in [9.17, 15) is 4.79 Å². The number of H-pyrrole nitrogens is 1. The van der Waals surface area contributed by atoms with Crippen molar-refractivity contribution in [1.29, 1.82) is 0 Å². The topological polar surface area (TPSA) is 56.9 Å². The Hall–Kier alpha value is -1.97. The van der Waals surface area contributed by atoms with Gasteiger partial charge < -0.3 is 15.6 Å². The minimum Gasteiger partial charge on any atom is -0.383 e. The number of rotatable bonds is 4. The Balaban J connectivity index is 1.81. The van der Waals surface area contributed by atoms with E-state index in [1.54, 1.807) is 0 Å². The summed E-state index contributed by atoms with van der Waals surface area (Å²) in [6, 6.07) is 6.89. The van der Waals surface area contributed by atoms with Gasteiger partial charge in [0.25, 0.3) is 5.91 Å². The van der Waals surface area contributed by atoms with Crippen LogP contribution in [0, 0.1) is 12.8 Å². The summed E-state index contributed by atoms with van der Waals surface area (Å²) in [4.78, 5) is 15.9. The predicted molar refractivity (Wildman–Crippen MR) is 101 cm³/mol. The highest BCUT2D eigenvalue weighted by atomic mass is 16.1. The molecule has 0 spiro atoms. The molecular weight excluding hydrogens is 298 g/mol. The van der Waals surface area contributed by atoms with Gasteiger partial charge in [0.1, 0.15) is 5.69 Å². The lowest BCUT2D eigenvalue weighted by Gasteiger charge is -2.29. The molecule has 3 rings (SSSR count). The van der Waals surface area contributed by atoms with Gasteiger partial charge in [0, 0.05) is 28.7 Å². The smallest absolute Gasteiger partial charge is 0.267 e. The third-order valence-corrected chi connectivity index (χ3v) is 5.07. The Morgan fingerprint density at radius 1 is 1.21 bits per heavy atom. The first-order valence-corrected chi connectivity index (χ1v) is 9.15. The van der Waals surface area contributed by atoms with Gasteiger partial charge in [-0.3, -0.25) is 4.79 Å². The summed E-state index contributed by atoms with van der Waals surface area (Å²) in [6.07, 6.45) is 4.80. The van der Waals surface area contributed by atoms with Crippen LogP contribution >= 0.6 is 0 Å². The molecule has 24 heavy (non-hydrogen) atoms. The Morgan fingerprint density at radius 3 is 2.67 bits per heavy atom. The summed E-state index contributed by atoms with van der Waals surface area (Å²) in [7, 11) is 0. The Bertz CT molecular complexity index is 732. The average Bonchev–Trinajstić information content (AvgIpc) is 2.93. The summed E-state index contributed by atoms with van der Waals surface area (Å²) in [5.41, 5.74) is 3.94. The third kappa shape index (κ3) is 3.58. The van der Waals surface area contributed by atoms with Crippen molar-refractivity contribution in [1.82, 2.24) is 10.3 Å². The van der Waals surface area contributed by atoms with Crippen LogP contribution in [0.4, 0.5) is 5.69 Å². The van der Waals surface area contributed by atoms with Gasteiger partial charge in [0.2, 0.25) is 0 Å². The quantitative estimate of drug-likeness (QED) is 0.768. The van der Waals surface area contributed by atoms with E-state index in [0.29, 0.717) is 23.7 Å². The van der Waals surface area contributed by atoms with E-state index in [-0.39, 0.29) is 5.91 Å². The second-order valence-electron chi connectivity index (χ2n) is 7.58. The summed E-state index contributed by atoms with van der Waals surface area (Å²) < 4.78 is 0. The highest BCUT2D eigenvalue weighted by Gasteiger charge is 2.24. The van der Waals surface area contributed by atoms with Crippen molar-refractivity contribution in [3.05, 3.63) is 29.5 Å². The number of benzene rings is 1. The van der Waals surface area contributed by atoms with Crippen molar-refractivity contribution in [3.8, 4) is 0 Å². The zero-order valence-electron chi connectivity index (χ0n) is 15.2. The molecule has 1 aromatic heterocycles. The number of amides is 1. The van der Waals surface area contributed by atoms with Crippen molar-refractivity contribution >= 4 is 22.5 Å². The molecule has 1 saturated carbocycles. The van der Waals surface area contributed by atoms with E-state index in [1.165, 1.54) is 24.8 Å². The third-order valence-electron chi connectivity index (χ3n) is 5.07. The number of carbonyl (C=O) groups excluding carboxylic acids is 1. The van der Waals surface area contributed by atoms with Crippen LogP contribution in [0.5, 0.6) is 0 Å². The minimum absolute atomic E-state index is 0.0164. The molecule has 2 atom stereocenters. The Morgan fingerprint density at radius 2 is 1.96 bits per heavy atom. The Labute approximate surface area is 144 Å². The summed E-state index contributed by atoms with van der Waals surface area (Å²) in [5, 5.41) is 7.77. The maximum absolute atomic E-state index is 12.6. The first kappa shape index (κ1) is 16.9. The van der Waals surface area contributed by atoms with E-state index in [1.807, 2.05) is 6.07 Å². The molecule has 0 aliphatic heterocycles. The molecule has 1 amide bonds. The van der Waals surface area contributed by atoms with Crippen LogP contribution in [0.15, 0.2) is 18.2 Å². The van der Waals surface area contributed by atoms with Crippen LogP contribution in [0.1, 0.15) is 62.5 Å². The molecule has 1 aromatic carbocycles. The molecule has 2 aromatic rings. The molecule has 1 aliphatic carbocycles.